The van der Waals surface area contributed by atoms with Crippen LogP contribution in [0.4, 0.5) is 10.5 Å². The van der Waals surface area contributed by atoms with Crippen LogP contribution in [0.15, 0.2) is 18.2 Å². The number of amides is 1. The number of benzene rings is 1. The van der Waals surface area contributed by atoms with Crippen LogP contribution in [-0.4, -0.2) is 5.37 Å². The molecule has 2 nitrogen and oxygen atoms in total. The van der Waals surface area contributed by atoms with Crippen LogP contribution in [0.3, 0.4) is 0 Å². The number of para-hydroxylation sites is 1. The smallest absolute Gasteiger partial charge is 0.312 e. The van der Waals surface area contributed by atoms with E-state index in [1.54, 1.807) is 0 Å². The number of nitrogens with one attached hydrogen (secondary N) is 1. The van der Waals surface area contributed by atoms with Crippen LogP contribution in [0.5, 0.6) is 0 Å². The Bertz CT molecular complexity index is 359. The van der Waals surface area contributed by atoms with E-state index in [0.717, 1.165) is 16.8 Å². The first-order valence-electron chi connectivity index (χ1n) is 5.52. The van der Waals surface area contributed by atoms with E-state index in [1.807, 2.05) is 18.2 Å². The molecule has 0 aliphatic heterocycles. The summed E-state index contributed by atoms with van der Waals surface area (Å²) in [5.74, 6) is 0.717. The Hall–Kier alpha value is -1.02. The summed E-state index contributed by atoms with van der Waals surface area (Å²) in [6.45, 7) is 8.40. The molecule has 1 N–H and O–H groups in total. The average Bonchev–Trinajstić information content (AvgIpc) is 2.16. The van der Waals surface area contributed by atoms with E-state index in [1.165, 1.54) is 0 Å². The molecule has 1 amide bonds. The standard InChI is InChI=1S/C13H18ClNO/c1-8(2)10-6-5-7-11(9(3)4)12(10)15-13(14)16/h5-9H,1-4H3,(H,15,16). The third kappa shape index (κ3) is 2.99. The van der Waals surface area contributed by atoms with Crippen LogP contribution in [0, 0.1) is 0 Å². The first-order valence-corrected chi connectivity index (χ1v) is 5.90. The summed E-state index contributed by atoms with van der Waals surface area (Å²) < 4.78 is 0. The second-order valence-corrected chi connectivity index (χ2v) is 4.86. The number of halogens is 1. The summed E-state index contributed by atoms with van der Waals surface area (Å²) in [5.41, 5.74) is 3.12. The van der Waals surface area contributed by atoms with Gasteiger partial charge >= 0.3 is 5.37 Å². The Labute approximate surface area is 102 Å². The summed E-state index contributed by atoms with van der Waals surface area (Å²) in [6, 6.07) is 6.08. The molecule has 0 aliphatic carbocycles. The molecular weight excluding hydrogens is 222 g/mol. The van der Waals surface area contributed by atoms with Gasteiger partial charge in [-0.05, 0) is 34.6 Å². The SMILES string of the molecule is CC(C)c1cccc(C(C)C)c1NC(=O)Cl. The fourth-order valence-corrected chi connectivity index (χ4v) is 1.89. The summed E-state index contributed by atoms with van der Waals surface area (Å²) in [5, 5.41) is 2.20. The molecule has 0 fully saturated rings. The predicted molar refractivity (Wildman–Crippen MR) is 69.5 cm³/mol. The molecule has 3 heteroatoms. The Kier molecular flexibility index (Phi) is 4.36. The van der Waals surface area contributed by atoms with Crippen LogP contribution in [0.2, 0.25) is 0 Å². The normalized spacial score (nSPS) is 10.9. The molecule has 0 bridgehead atoms. The second kappa shape index (κ2) is 5.35. The Morgan fingerprint density at radius 2 is 1.56 bits per heavy atom. The summed E-state index contributed by atoms with van der Waals surface area (Å²) in [4.78, 5) is 11.0. The number of carbonyl (C=O) groups is 1. The number of carbonyl (C=O) groups excluding carboxylic acids is 1. The zero-order valence-electron chi connectivity index (χ0n) is 10.2. The third-order valence-electron chi connectivity index (χ3n) is 2.60. The van der Waals surface area contributed by atoms with Crippen LogP contribution in [0.25, 0.3) is 0 Å². The maximum Gasteiger partial charge on any atom is 0.318 e. The van der Waals surface area contributed by atoms with E-state index >= 15 is 0 Å². The first kappa shape index (κ1) is 13.0. The van der Waals surface area contributed by atoms with E-state index < -0.39 is 5.37 Å². The van der Waals surface area contributed by atoms with E-state index in [-0.39, 0.29) is 0 Å². The molecular formula is C13H18ClNO. The van der Waals surface area contributed by atoms with E-state index in [0.29, 0.717) is 11.8 Å². The molecule has 0 saturated heterocycles. The second-order valence-electron chi connectivity index (χ2n) is 4.52. The highest BCUT2D eigenvalue weighted by Crippen LogP contribution is 2.32. The molecule has 0 aliphatic rings. The maximum atomic E-state index is 11.0. The Balaban J connectivity index is 3.28. The molecule has 0 saturated carbocycles. The Morgan fingerprint density at radius 3 is 1.88 bits per heavy atom. The van der Waals surface area contributed by atoms with Crippen LogP contribution >= 0.6 is 11.6 Å². The fourth-order valence-electron chi connectivity index (χ4n) is 1.79. The average molecular weight is 240 g/mol. The highest BCUT2D eigenvalue weighted by molar-refractivity contribution is 6.65. The predicted octanol–water partition coefficient (Wildman–Crippen LogP) is 4.70. The molecule has 0 radical (unpaired) electrons. The number of rotatable bonds is 3. The fraction of sp³-hybridized carbons (Fsp3) is 0.462. The molecule has 1 aromatic carbocycles. The van der Waals surface area contributed by atoms with Gasteiger partial charge in [0.2, 0.25) is 0 Å². The van der Waals surface area contributed by atoms with Gasteiger partial charge in [-0.2, -0.15) is 0 Å². The van der Waals surface area contributed by atoms with Crippen molar-refractivity contribution < 1.29 is 4.79 Å². The third-order valence-corrected chi connectivity index (χ3v) is 2.69. The van der Waals surface area contributed by atoms with Crippen LogP contribution in [0.1, 0.15) is 50.7 Å². The molecule has 0 heterocycles. The number of hydrogen-bond acceptors (Lipinski definition) is 1. The lowest BCUT2D eigenvalue weighted by atomic mass is 9.93. The summed E-state index contributed by atoms with van der Waals surface area (Å²) >= 11 is 5.42. The summed E-state index contributed by atoms with van der Waals surface area (Å²) in [6.07, 6.45) is 0. The van der Waals surface area contributed by atoms with Crippen molar-refractivity contribution in [2.75, 3.05) is 5.32 Å². The van der Waals surface area contributed by atoms with Gasteiger partial charge in [-0.1, -0.05) is 45.9 Å². The van der Waals surface area contributed by atoms with Crippen molar-refractivity contribution in [1.82, 2.24) is 0 Å². The topological polar surface area (TPSA) is 29.1 Å². The van der Waals surface area contributed by atoms with E-state index in [4.69, 9.17) is 11.6 Å². The van der Waals surface area contributed by atoms with E-state index in [9.17, 15) is 4.79 Å². The van der Waals surface area contributed by atoms with Gasteiger partial charge in [0.15, 0.2) is 0 Å². The molecule has 1 rings (SSSR count). The molecule has 0 unspecified atom stereocenters. The zero-order valence-corrected chi connectivity index (χ0v) is 10.9. The molecule has 0 spiro atoms. The maximum absolute atomic E-state index is 11.0. The van der Waals surface area contributed by atoms with Crippen molar-refractivity contribution in [1.29, 1.82) is 0 Å². The van der Waals surface area contributed by atoms with Gasteiger partial charge in [-0.25, -0.2) is 0 Å². The monoisotopic (exact) mass is 239 g/mol. The molecule has 0 atom stereocenters. The number of hydrogen-bond donors (Lipinski definition) is 1. The van der Waals surface area contributed by atoms with Gasteiger partial charge in [0.05, 0.1) is 0 Å². The quantitative estimate of drug-likeness (QED) is 0.601. The molecule has 88 valence electrons. The lowest BCUT2D eigenvalue weighted by Gasteiger charge is -2.18. The van der Waals surface area contributed by atoms with Gasteiger partial charge in [-0.15, -0.1) is 0 Å². The summed E-state index contributed by atoms with van der Waals surface area (Å²) in [7, 11) is 0. The van der Waals surface area contributed by atoms with Crippen molar-refractivity contribution in [2.45, 2.75) is 39.5 Å². The molecule has 16 heavy (non-hydrogen) atoms. The van der Waals surface area contributed by atoms with Gasteiger partial charge in [0, 0.05) is 5.69 Å². The van der Waals surface area contributed by atoms with Crippen molar-refractivity contribution >= 4 is 22.7 Å². The first-order chi connectivity index (χ1) is 7.43. The highest BCUT2D eigenvalue weighted by atomic mass is 35.5. The largest absolute Gasteiger partial charge is 0.318 e. The zero-order chi connectivity index (χ0) is 12.3. The van der Waals surface area contributed by atoms with Crippen LogP contribution in [-0.2, 0) is 0 Å². The van der Waals surface area contributed by atoms with Crippen molar-refractivity contribution in [2.24, 2.45) is 0 Å². The highest BCUT2D eigenvalue weighted by Gasteiger charge is 2.14. The lowest BCUT2D eigenvalue weighted by Crippen LogP contribution is -2.09. The lowest BCUT2D eigenvalue weighted by molar-refractivity contribution is 0.269. The van der Waals surface area contributed by atoms with E-state index in [2.05, 4.69) is 33.0 Å². The van der Waals surface area contributed by atoms with Crippen LogP contribution < -0.4 is 5.32 Å². The minimum atomic E-state index is -0.532. The van der Waals surface area contributed by atoms with Gasteiger partial charge in [0.25, 0.3) is 0 Å². The molecule has 1 aromatic rings. The Morgan fingerprint density at radius 1 is 1.12 bits per heavy atom. The van der Waals surface area contributed by atoms with Crippen molar-refractivity contribution in [3.63, 3.8) is 0 Å². The van der Waals surface area contributed by atoms with Gasteiger partial charge in [0.1, 0.15) is 0 Å². The molecule has 0 aromatic heterocycles. The van der Waals surface area contributed by atoms with Crippen molar-refractivity contribution in [3.8, 4) is 0 Å². The minimum absolute atomic E-state index is 0.359. The van der Waals surface area contributed by atoms with Gasteiger partial charge < -0.3 is 5.32 Å². The van der Waals surface area contributed by atoms with Gasteiger partial charge in [-0.3, -0.25) is 4.79 Å². The number of anilines is 1. The van der Waals surface area contributed by atoms with Crippen molar-refractivity contribution in [3.05, 3.63) is 29.3 Å². The minimum Gasteiger partial charge on any atom is -0.312 e.